The molecule has 34 heavy (non-hydrogen) atoms. The molecule has 0 aliphatic rings. The molecule has 0 unspecified atom stereocenters. The maximum Gasteiger partial charge on any atom is 0.266 e. The van der Waals surface area contributed by atoms with Crippen LogP contribution in [0.1, 0.15) is 0 Å². The number of ether oxygens (including phenoxy) is 3. The van der Waals surface area contributed by atoms with E-state index in [-0.39, 0.29) is 31.2 Å². The number of carbonyl (C=O) groups excluding carboxylic acids is 1. The van der Waals surface area contributed by atoms with Crippen molar-refractivity contribution in [3.8, 4) is 28.5 Å². The van der Waals surface area contributed by atoms with Gasteiger partial charge in [0.2, 0.25) is 0 Å². The summed E-state index contributed by atoms with van der Waals surface area (Å²) in [6.07, 6.45) is 0. The van der Waals surface area contributed by atoms with Crippen molar-refractivity contribution in [1.29, 1.82) is 0 Å². The van der Waals surface area contributed by atoms with Crippen LogP contribution in [0.3, 0.4) is 0 Å². The summed E-state index contributed by atoms with van der Waals surface area (Å²) in [5.74, 6) is 1.54. The van der Waals surface area contributed by atoms with E-state index in [9.17, 15) is 9.59 Å². The molecule has 0 bridgehead atoms. The minimum absolute atomic E-state index is 0.123. The summed E-state index contributed by atoms with van der Waals surface area (Å²) in [5, 5.41) is 9.18. The van der Waals surface area contributed by atoms with Gasteiger partial charge in [-0.05, 0) is 35.7 Å². The summed E-state index contributed by atoms with van der Waals surface area (Å²) >= 11 is 0. The minimum Gasteiger partial charge on any atom is -0.493 e. The molecule has 4 aromatic rings. The minimum atomic E-state index is -0.281. The van der Waals surface area contributed by atoms with Gasteiger partial charge in [0.15, 0.2) is 18.1 Å². The van der Waals surface area contributed by atoms with Crippen LogP contribution in [0, 0.1) is 0 Å². The largest absolute Gasteiger partial charge is 0.493 e. The van der Waals surface area contributed by atoms with Crippen molar-refractivity contribution in [2.24, 2.45) is 0 Å². The average molecular weight is 460 g/mol. The Labute approximate surface area is 196 Å². The second-order valence-corrected chi connectivity index (χ2v) is 7.47. The fraction of sp³-hybridized carbons (Fsp3) is 0.192. The van der Waals surface area contributed by atoms with Gasteiger partial charge in [-0.3, -0.25) is 9.59 Å². The monoisotopic (exact) mass is 459 g/mol. The smallest absolute Gasteiger partial charge is 0.266 e. The second kappa shape index (κ2) is 10.5. The highest BCUT2D eigenvalue weighted by Gasteiger charge is 2.10. The number of hydrogen-bond acceptors (Lipinski definition) is 6. The third kappa shape index (κ3) is 5.17. The molecule has 1 N–H and O–H groups in total. The summed E-state index contributed by atoms with van der Waals surface area (Å²) in [6, 6.07) is 22.0. The number of nitrogens with zero attached hydrogens (tertiary/aromatic N) is 2. The molecule has 0 radical (unpaired) electrons. The molecule has 8 nitrogen and oxygen atoms in total. The molecule has 8 heteroatoms. The van der Waals surface area contributed by atoms with Crippen molar-refractivity contribution in [2.45, 2.75) is 6.54 Å². The van der Waals surface area contributed by atoms with Gasteiger partial charge in [-0.25, -0.2) is 4.68 Å². The Hall–Kier alpha value is -4.33. The fourth-order valence-electron chi connectivity index (χ4n) is 3.58. The first kappa shape index (κ1) is 22.8. The summed E-state index contributed by atoms with van der Waals surface area (Å²) in [7, 11) is 3.12. The van der Waals surface area contributed by atoms with Crippen LogP contribution in [0.15, 0.2) is 77.6 Å². The summed E-state index contributed by atoms with van der Waals surface area (Å²) in [4.78, 5) is 24.5. The van der Waals surface area contributed by atoms with E-state index in [1.165, 1.54) is 10.7 Å². The van der Waals surface area contributed by atoms with Crippen LogP contribution >= 0.6 is 0 Å². The van der Waals surface area contributed by atoms with Gasteiger partial charge in [-0.1, -0.05) is 36.4 Å². The zero-order valence-electron chi connectivity index (χ0n) is 19.0. The van der Waals surface area contributed by atoms with Gasteiger partial charge in [-0.2, -0.15) is 5.10 Å². The molecule has 1 aromatic heterocycles. The second-order valence-electron chi connectivity index (χ2n) is 7.47. The van der Waals surface area contributed by atoms with Gasteiger partial charge in [-0.15, -0.1) is 0 Å². The number of hydrogen-bond donors (Lipinski definition) is 1. The zero-order valence-corrected chi connectivity index (χ0v) is 19.0. The van der Waals surface area contributed by atoms with Crippen LogP contribution in [0.5, 0.6) is 17.2 Å². The van der Waals surface area contributed by atoms with E-state index in [0.29, 0.717) is 22.9 Å². The molecule has 0 fully saturated rings. The predicted molar refractivity (Wildman–Crippen MR) is 129 cm³/mol. The quantitative estimate of drug-likeness (QED) is 0.413. The van der Waals surface area contributed by atoms with E-state index >= 15 is 0 Å². The van der Waals surface area contributed by atoms with Crippen LogP contribution in [0.4, 0.5) is 0 Å². The van der Waals surface area contributed by atoms with Crippen molar-refractivity contribution < 1.29 is 19.0 Å². The topological polar surface area (TPSA) is 91.7 Å². The van der Waals surface area contributed by atoms with Gasteiger partial charge in [0.1, 0.15) is 5.75 Å². The highest BCUT2D eigenvalue weighted by atomic mass is 16.5. The Morgan fingerprint density at radius 3 is 2.53 bits per heavy atom. The van der Waals surface area contributed by atoms with Crippen molar-refractivity contribution in [3.63, 3.8) is 0 Å². The lowest BCUT2D eigenvalue weighted by Gasteiger charge is -2.12. The molecule has 0 saturated heterocycles. The van der Waals surface area contributed by atoms with E-state index in [1.807, 2.05) is 48.5 Å². The van der Waals surface area contributed by atoms with Crippen molar-refractivity contribution in [3.05, 3.63) is 83.2 Å². The van der Waals surface area contributed by atoms with Gasteiger partial charge in [0.25, 0.3) is 11.5 Å². The highest BCUT2D eigenvalue weighted by molar-refractivity contribution is 5.88. The summed E-state index contributed by atoms with van der Waals surface area (Å²) in [6.45, 7) is 0.335. The molecular weight excluding hydrogens is 434 g/mol. The molecule has 0 aliphatic carbocycles. The van der Waals surface area contributed by atoms with Crippen LogP contribution in [-0.2, 0) is 11.3 Å². The summed E-state index contributed by atoms with van der Waals surface area (Å²) in [5.41, 5.74) is 1.12. The van der Waals surface area contributed by atoms with Gasteiger partial charge < -0.3 is 19.5 Å². The zero-order chi connectivity index (χ0) is 23.9. The molecule has 1 heterocycles. The predicted octanol–water partition coefficient (Wildman–Crippen LogP) is 3.28. The van der Waals surface area contributed by atoms with Crippen LogP contribution in [0.2, 0.25) is 0 Å². The first-order valence-corrected chi connectivity index (χ1v) is 10.8. The first-order valence-electron chi connectivity index (χ1n) is 10.8. The number of amides is 1. The Morgan fingerprint density at radius 2 is 1.71 bits per heavy atom. The molecule has 174 valence electrons. The number of carbonyl (C=O) groups is 1. The molecule has 0 aliphatic heterocycles. The maximum absolute atomic E-state index is 12.3. The highest BCUT2D eigenvalue weighted by Crippen LogP contribution is 2.31. The van der Waals surface area contributed by atoms with E-state index < -0.39 is 0 Å². The van der Waals surface area contributed by atoms with Gasteiger partial charge in [0, 0.05) is 23.6 Å². The fourth-order valence-corrected chi connectivity index (χ4v) is 3.58. The normalized spacial score (nSPS) is 10.6. The number of methoxy groups -OCH3 is 2. The molecule has 1 amide bonds. The summed E-state index contributed by atoms with van der Waals surface area (Å²) < 4.78 is 17.6. The molecule has 0 saturated carbocycles. The molecule has 4 rings (SSSR count). The van der Waals surface area contributed by atoms with Gasteiger partial charge in [0.05, 0.1) is 26.5 Å². The Balaban J connectivity index is 1.36. The SMILES string of the molecule is COc1ccc(-c2ccc(=O)n(CCNC(=O)COc3cccc4ccccc34)n2)cc1OC. The lowest BCUT2D eigenvalue weighted by atomic mass is 10.1. The Bertz CT molecular complexity index is 1360. The number of rotatable bonds is 9. The van der Waals surface area contributed by atoms with Crippen LogP contribution < -0.4 is 25.1 Å². The van der Waals surface area contributed by atoms with Crippen LogP contribution in [-0.4, -0.2) is 43.1 Å². The standard InChI is InChI=1S/C26H25N3O5/c1-32-23-12-10-19(16-24(23)33-2)21-11-13-26(31)29(28-21)15-14-27-25(30)17-34-22-9-5-7-18-6-3-4-8-20(18)22/h3-13,16H,14-15,17H2,1-2H3,(H,27,30). The third-order valence-electron chi connectivity index (χ3n) is 5.30. The lowest BCUT2D eigenvalue weighted by molar-refractivity contribution is -0.123. The van der Waals surface area contributed by atoms with E-state index in [4.69, 9.17) is 14.2 Å². The van der Waals surface area contributed by atoms with E-state index in [2.05, 4.69) is 10.4 Å². The maximum atomic E-state index is 12.3. The number of fused-ring (bicyclic) bond motifs is 1. The average Bonchev–Trinajstić information content (AvgIpc) is 2.88. The van der Waals surface area contributed by atoms with Crippen LogP contribution in [0.25, 0.3) is 22.0 Å². The lowest BCUT2D eigenvalue weighted by Crippen LogP contribution is -2.34. The van der Waals surface area contributed by atoms with Crippen molar-refractivity contribution >= 4 is 16.7 Å². The Kier molecular flexibility index (Phi) is 7.07. The molecule has 0 atom stereocenters. The third-order valence-corrected chi connectivity index (χ3v) is 5.30. The number of nitrogens with one attached hydrogen (secondary N) is 1. The molecule has 0 spiro atoms. The number of benzene rings is 3. The Morgan fingerprint density at radius 1 is 0.912 bits per heavy atom. The van der Waals surface area contributed by atoms with Gasteiger partial charge >= 0.3 is 0 Å². The number of aromatic nitrogens is 2. The molecular formula is C26H25N3O5. The molecule has 3 aromatic carbocycles. The van der Waals surface area contributed by atoms with E-state index in [0.717, 1.165) is 16.3 Å². The van der Waals surface area contributed by atoms with Crippen molar-refractivity contribution in [2.75, 3.05) is 27.4 Å². The van der Waals surface area contributed by atoms with E-state index in [1.54, 1.807) is 32.4 Å². The van der Waals surface area contributed by atoms with Crippen molar-refractivity contribution in [1.82, 2.24) is 15.1 Å². The first-order chi connectivity index (χ1) is 16.6.